The van der Waals surface area contributed by atoms with Crippen LogP contribution in [0, 0.1) is 20.8 Å². The molecule has 2 aromatic rings. The van der Waals surface area contributed by atoms with Crippen molar-refractivity contribution in [2.24, 2.45) is 0 Å². The van der Waals surface area contributed by atoms with E-state index in [1.807, 2.05) is 6.92 Å². The van der Waals surface area contributed by atoms with E-state index < -0.39 is 0 Å². The molecule has 0 saturated heterocycles. The van der Waals surface area contributed by atoms with Crippen molar-refractivity contribution in [2.45, 2.75) is 46.6 Å². The summed E-state index contributed by atoms with van der Waals surface area (Å²) in [7, 11) is 0. The van der Waals surface area contributed by atoms with E-state index in [0.29, 0.717) is 6.42 Å². The van der Waals surface area contributed by atoms with Crippen molar-refractivity contribution in [1.82, 2.24) is 5.32 Å². The standard InChI is InChI=1S/C20H25NO/c1-14-6-9-18(10-7-14)11-12-20(22)21-17(4)19-13-15(2)5-8-16(19)3/h5-10,13,17H,11-12H2,1-4H3,(H,21,22)/t17-/m1/s1. The van der Waals surface area contributed by atoms with Crippen molar-refractivity contribution < 1.29 is 4.79 Å². The molecule has 22 heavy (non-hydrogen) atoms. The van der Waals surface area contributed by atoms with Crippen LogP contribution in [0.25, 0.3) is 0 Å². The fourth-order valence-electron chi connectivity index (χ4n) is 2.63. The zero-order valence-corrected chi connectivity index (χ0v) is 13.9. The molecule has 0 aliphatic heterocycles. The van der Waals surface area contributed by atoms with Crippen LogP contribution in [0.15, 0.2) is 42.5 Å². The minimum absolute atomic E-state index is 0.0467. The normalized spacial score (nSPS) is 12.0. The van der Waals surface area contributed by atoms with Crippen LogP contribution < -0.4 is 5.32 Å². The second-order valence-corrected chi connectivity index (χ2v) is 6.13. The van der Waals surface area contributed by atoms with Crippen molar-refractivity contribution in [2.75, 3.05) is 0 Å². The maximum atomic E-state index is 12.2. The Labute approximate surface area is 133 Å². The summed E-state index contributed by atoms with van der Waals surface area (Å²) in [6, 6.07) is 14.8. The van der Waals surface area contributed by atoms with E-state index >= 15 is 0 Å². The Hall–Kier alpha value is -2.09. The summed E-state index contributed by atoms with van der Waals surface area (Å²) in [5.74, 6) is 0.106. The highest BCUT2D eigenvalue weighted by Crippen LogP contribution is 2.19. The molecule has 0 unspecified atom stereocenters. The number of rotatable bonds is 5. The average Bonchev–Trinajstić information content (AvgIpc) is 2.49. The summed E-state index contributed by atoms with van der Waals surface area (Å²) in [5.41, 5.74) is 6.10. The lowest BCUT2D eigenvalue weighted by atomic mass is 9.99. The molecule has 116 valence electrons. The van der Waals surface area contributed by atoms with Gasteiger partial charge in [-0.2, -0.15) is 0 Å². The molecule has 0 aromatic heterocycles. The fraction of sp³-hybridized carbons (Fsp3) is 0.350. The zero-order valence-electron chi connectivity index (χ0n) is 13.9. The van der Waals surface area contributed by atoms with Crippen molar-refractivity contribution in [1.29, 1.82) is 0 Å². The van der Waals surface area contributed by atoms with E-state index in [2.05, 4.69) is 68.6 Å². The number of nitrogens with one attached hydrogen (secondary N) is 1. The SMILES string of the molecule is Cc1ccc(CCC(=O)N[C@H](C)c2cc(C)ccc2C)cc1. The lowest BCUT2D eigenvalue weighted by molar-refractivity contribution is -0.121. The Morgan fingerprint density at radius 3 is 2.32 bits per heavy atom. The number of carbonyl (C=O) groups excluding carboxylic acids is 1. The monoisotopic (exact) mass is 295 g/mol. The predicted octanol–water partition coefficient (Wildman–Crippen LogP) is 4.42. The third-order valence-corrected chi connectivity index (χ3v) is 4.04. The average molecular weight is 295 g/mol. The van der Waals surface area contributed by atoms with Crippen LogP contribution >= 0.6 is 0 Å². The zero-order chi connectivity index (χ0) is 16.1. The van der Waals surface area contributed by atoms with Crippen molar-refractivity contribution in [3.63, 3.8) is 0 Å². The van der Waals surface area contributed by atoms with Crippen LogP contribution in [0.3, 0.4) is 0 Å². The Balaban J connectivity index is 1.91. The Morgan fingerprint density at radius 2 is 1.64 bits per heavy atom. The van der Waals surface area contributed by atoms with Gasteiger partial charge in [-0.15, -0.1) is 0 Å². The highest BCUT2D eigenvalue weighted by Gasteiger charge is 2.12. The third-order valence-electron chi connectivity index (χ3n) is 4.04. The molecule has 1 amide bonds. The van der Waals surface area contributed by atoms with Gasteiger partial charge in [0, 0.05) is 6.42 Å². The lowest BCUT2D eigenvalue weighted by Gasteiger charge is -2.17. The summed E-state index contributed by atoms with van der Waals surface area (Å²) in [6.07, 6.45) is 1.31. The minimum atomic E-state index is 0.0467. The Kier molecular flexibility index (Phi) is 5.37. The first-order valence-electron chi connectivity index (χ1n) is 7.88. The summed E-state index contributed by atoms with van der Waals surface area (Å²) >= 11 is 0. The molecule has 1 N–H and O–H groups in total. The van der Waals surface area contributed by atoms with Gasteiger partial charge in [0.2, 0.25) is 5.91 Å². The minimum Gasteiger partial charge on any atom is -0.350 e. The Bertz CT molecular complexity index is 643. The fourth-order valence-corrected chi connectivity index (χ4v) is 2.63. The first-order valence-corrected chi connectivity index (χ1v) is 7.88. The van der Waals surface area contributed by atoms with E-state index in [1.54, 1.807) is 0 Å². The second kappa shape index (κ2) is 7.26. The number of carbonyl (C=O) groups is 1. The first kappa shape index (κ1) is 16.3. The van der Waals surface area contributed by atoms with Gasteiger partial charge in [-0.05, 0) is 50.8 Å². The molecular formula is C20H25NO. The molecule has 0 heterocycles. The van der Waals surface area contributed by atoms with Gasteiger partial charge < -0.3 is 5.32 Å². The first-order chi connectivity index (χ1) is 10.5. The van der Waals surface area contributed by atoms with Crippen LogP contribution in [0.4, 0.5) is 0 Å². The van der Waals surface area contributed by atoms with Gasteiger partial charge in [0.05, 0.1) is 6.04 Å². The van der Waals surface area contributed by atoms with Crippen LogP contribution in [-0.2, 0) is 11.2 Å². The molecule has 0 radical (unpaired) electrons. The van der Waals surface area contributed by atoms with Crippen molar-refractivity contribution >= 4 is 5.91 Å². The van der Waals surface area contributed by atoms with Gasteiger partial charge in [0.15, 0.2) is 0 Å². The third kappa shape index (κ3) is 4.45. The molecule has 0 aliphatic carbocycles. The number of aryl methyl sites for hydroxylation is 4. The quantitative estimate of drug-likeness (QED) is 0.869. The van der Waals surface area contributed by atoms with Crippen molar-refractivity contribution in [3.8, 4) is 0 Å². The summed E-state index contributed by atoms with van der Waals surface area (Å²) < 4.78 is 0. The lowest BCUT2D eigenvalue weighted by Crippen LogP contribution is -2.27. The summed E-state index contributed by atoms with van der Waals surface area (Å²) in [6.45, 7) is 8.28. The number of benzene rings is 2. The Morgan fingerprint density at radius 1 is 1.00 bits per heavy atom. The largest absolute Gasteiger partial charge is 0.350 e. The molecule has 0 aliphatic rings. The number of hydrogen-bond acceptors (Lipinski definition) is 1. The van der Waals surface area contributed by atoms with Gasteiger partial charge in [-0.25, -0.2) is 0 Å². The molecule has 0 spiro atoms. The predicted molar refractivity (Wildman–Crippen MR) is 92.0 cm³/mol. The maximum absolute atomic E-state index is 12.2. The molecule has 0 fully saturated rings. The van der Waals surface area contributed by atoms with Crippen LogP contribution in [0.2, 0.25) is 0 Å². The second-order valence-electron chi connectivity index (χ2n) is 6.13. The van der Waals surface area contributed by atoms with Crippen molar-refractivity contribution in [3.05, 3.63) is 70.3 Å². The smallest absolute Gasteiger partial charge is 0.220 e. The molecule has 2 aromatic carbocycles. The van der Waals surface area contributed by atoms with E-state index in [4.69, 9.17) is 0 Å². The molecule has 2 heteroatoms. The summed E-state index contributed by atoms with van der Waals surface area (Å²) in [5, 5.41) is 3.11. The van der Waals surface area contributed by atoms with E-state index in [0.717, 1.165) is 6.42 Å². The number of amides is 1. The molecular weight excluding hydrogens is 270 g/mol. The van der Waals surface area contributed by atoms with Crippen LogP contribution in [0.1, 0.15) is 47.2 Å². The molecule has 0 bridgehead atoms. The van der Waals surface area contributed by atoms with Gasteiger partial charge in [0.1, 0.15) is 0 Å². The van der Waals surface area contributed by atoms with Crippen LogP contribution in [0.5, 0.6) is 0 Å². The molecule has 1 atom stereocenters. The van der Waals surface area contributed by atoms with E-state index in [-0.39, 0.29) is 11.9 Å². The molecule has 0 saturated carbocycles. The highest BCUT2D eigenvalue weighted by molar-refractivity contribution is 5.76. The van der Waals surface area contributed by atoms with Gasteiger partial charge in [-0.1, -0.05) is 53.6 Å². The topological polar surface area (TPSA) is 29.1 Å². The molecule has 2 nitrogen and oxygen atoms in total. The maximum Gasteiger partial charge on any atom is 0.220 e. The van der Waals surface area contributed by atoms with E-state index in [1.165, 1.54) is 27.8 Å². The summed E-state index contributed by atoms with van der Waals surface area (Å²) in [4.78, 5) is 12.2. The highest BCUT2D eigenvalue weighted by atomic mass is 16.1. The number of hydrogen-bond donors (Lipinski definition) is 1. The van der Waals surface area contributed by atoms with Gasteiger partial charge in [-0.3, -0.25) is 4.79 Å². The van der Waals surface area contributed by atoms with E-state index in [9.17, 15) is 4.79 Å². The molecule has 2 rings (SSSR count). The van der Waals surface area contributed by atoms with Gasteiger partial charge in [0.25, 0.3) is 0 Å². The van der Waals surface area contributed by atoms with Crippen LogP contribution in [-0.4, -0.2) is 5.91 Å². The van der Waals surface area contributed by atoms with Gasteiger partial charge >= 0.3 is 0 Å².